The van der Waals surface area contributed by atoms with Gasteiger partial charge in [0, 0.05) is 16.3 Å². The number of aliphatic hydroxyl groups is 1. The molecule has 0 aromatic heterocycles. The predicted octanol–water partition coefficient (Wildman–Crippen LogP) is 3.24. The number of aliphatic hydroxyl groups excluding tert-OH is 1. The van der Waals surface area contributed by atoms with Crippen LogP contribution >= 0.6 is 11.6 Å². The Morgan fingerprint density at radius 2 is 2.00 bits per heavy atom. The molecule has 3 nitrogen and oxygen atoms in total. The van der Waals surface area contributed by atoms with E-state index in [1.54, 1.807) is 42.5 Å². The van der Waals surface area contributed by atoms with Gasteiger partial charge in [0.15, 0.2) is 0 Å². The van der Waals surface area contributed by atoms with Gasteiger partial charge in [-0.2, -0.15) is 0 Å². The number of hydrogen-bond acceptors (Lipinski definition) is 2. The summed E-state index contributed by atoms with van der Waals surface area (Å²) in [7, 11) is 0. The highest BCUT2D eigenvalue weighted by Crippen LogP contribution is 2.23. The third kappa shape index (κ3) is 3.63. The van der Waals surface area contributed by atoms with E-state index in [1.165, 1.54) is 0 Å². The van der Waals surface area contributed by atoms with E-state index in [9.17, 15) is 4.79 Å². The maximum Gasteiger partial charge on any atom is 0.256 e. The zero-order chi connectivity index (χ0) is 15.2. The van der Waals surface area contributed by atoms with E-state index in [4.69, 9.17) is 16.7 Å². The second-order valence-corrected chi connectivity index (χ2v) is 4.78. The minimum Gasteiger partial charge on any atom is -0.384 e. The van der Waals surface area contributed by atoms with Crippen molar-refractivity contribution in [2.75, 3.05) is 11.9 Å². The Bertz CT molecular complexity index is 729. The Morgan fingerprint density at radius 1 is 1.24 bits per heavy atom. The topological polar surface area (TPSA) is 49.3 Å². The van der Waals surface area contributed by atoms with E-state index >= 15 is 0 Å². The molecule has 0 fully saturated rings. The third-order valence-corrected chi connectivity index (χ3v) is 3.40. The lowest BCUT2D eigenvalue weighted by molar-refractivity contribution is 0.102. The Morgan fingerprint density at radius 3 is 2.76 bits per heavy atom. The lowest BCUT2D eigenvalue weighted by atomic mass is 10.1. The summed E-state index contributed by atoms with van der Waals surface area (Å²) in [4.78, 5) is 12.4. The first-order chi connectivity index (χ1) is 10.1. The van der Waals surface area contributed by atoms with Gasteiger partial charge in [-0.15, -0.1) is 0 Å². The van der Waals surface area contributed by atoms with Crippen LogP contribution in [0, 0.1) is 18.8 Å². The van der Waals surface area contributed by atoms with Crippen molar-refractivity contribution in [3.8, 4) is 11.8 Å². The monoisotopic (exact) mass is 299 g/mol. The maximum absolute atomic E-state index is 12.4. The lowest BCUT2D eigenvalue weighted by Gasteiger charge is -2.10. The molecule has 0 heterocycles. The second kappa shape index (κ2) is 6.94. The first-order valence-electron chi connectivity index (χ1n) is 6.38. The number of nitrogens with one attached hydrogen (secondary N) is 1. The van der Waals surface area contributed by atoms with Gasteiger partial charge in [-0.25, -0.2) is 0 Å². The predicted molar refractivity (Wildman–Crippen MR) is 84.5 cm³/mol. The van der Waals surface area contributed by atoms with E-state index in [2.05, 4.69) is 17.2 Å². The number of benzene rings is 2. The molecule has 0 aliphatic carbocycles. The number of anilines is 1. The highest BCUT2D eigenvalue weighted by Gasteiger charge is 2.11. The van der Waals surface area contributed by atoms with Gasteiger partial charge >= 0.3 is 0 Å². The van der Waals surface area contributed by atoms with Gasteiger partial charge in [-0.05, 0) is 36.8 Å². The van der Waals surface area contributed by atoms with Crippen molar-refractivity contribution in [3.63, 3.8) is 0 Å². The number of halogens is 1. The molecule has 2 rings (SSSR count). The molecule has 0 aliphatic heterocycles. The smallest absolute Gasteiger partial charge is 0.256 e. The van der Waals surface area contributed by atoms with Crippen molar-refractivity contribution in [3.05, 3.63) is 64.2 Å². The first-order valence-corrected chi connectivity index (χ1v) is 6.76. The summed E-state index contributed by atoms with van der Waals surface area (Å²) in [6.07, 6.45) is 0. The van der Waals surface area contributed by atoms with Gasteiger partial charge in [0.1, 0.15) is 6.61 Å². The number of carbonyl (C=O) groups is 1. The van der Waals surface area contributed by atoms with Crippen LogP contribution in [0.25, 0.3) is 0 Å². The van der Waals surface area contributed by atoms with Crippen LogP contribution in [0.2, 0.25) is 5.02 Å². The zero-order valence-electron chi connectivity index (χ0n) is 11.5. The van der Waals surface area contributed by atoms with Crippen LogP contribution in [0.1, 0.15) is 21.5 Å². The Kier molecular flexibility index (Phi) is 4.99. The average molecular weight is 300 g/mol. The third-order valence-electron chi connectivity index (χ3n) is 2.99. The molecule has 0 unspecified atom stereocenters. The van der Waals surface area contributed by atoms with Gasteiger partial charge in [0.2, 0.25) is 0 Å². The minimum absolute atomic E-state index is 0.247. The van der Waals surface area contributed by atoms with Crippen LogP contribution in [-0.4, -0.2) is 17.6 Å². The van der Waals surface area contributed by atoms with Gasteiger partial charge in [-0.1, -0.05) is 41.6 Å². The Hall–Kier alpha value is -2.28. The Balaban J connectivity index is 2.31. The summed E-state index contributed by atoms with van der Waals surface area (Å²) in [5, 5.41) is 12.2. The molecule has 1 amide bonds. The van der Waals surface area contributed by atoms with Crippen molar-refractivity contribution < 1.29 is 9.90 Å². The van der Waals surface area contributed by atoms with Crippen LogP contribution in [-0.2, 0) is 0 Å². The van der Waals surface area contributed by atoms with E-state index in [1.807, 2.05) is 6.92 Å². The normalized spacial score (nSPS) is 9.67. The van der Waals surface area contributed by atoms with E-state index in [0.717, 1.165) is 5.56 Å². The fraction of sp³-hybridized carbons (Fsp3) is 0.118. The molecule has 106 valence electrons. The molecule has 0 bridgehead atoms. The van der Waals surface area contributed by atoms with Gasteiger partial charge in [0.25, 0.3) is 5.91 Å². The molecule has 2 aromatic rings. The quantitative estimate of drug-likeness (QED) is 0.836. The van der Waals surface area contributed by atoms with Gasteiger partial charge < -0.3 is 10.4 Å². The van der Waals surface area contributed by atoms with Crippen LogP contribution in [0.5, 0.6) is 0 Å². The molecule has 0 radical (unpaired) electrons. The van der Waals surface area contributed by atoms with Crippen LogP contribution in [0.15, 0.2) is 42.5 Å². The number of carbonyl (C=O) groups excluding carboxylic acids is 1. The summed E-state index contributed by atoms with van der Waals surface area (Å²) in [5.74, 6) is 5.06. The SMILES string of the molecule is Cc1c(Cl)cccc1NC(=O)c1ccccc1C#CCO. The molecule has 0 saturated carbocycles. The van der Waals surface area contributed by atoms with E-state index < -0.39 is 0 Å². The van der Waals surface area contributed by atoms with Crippen LogP contribution < -0.4 is 5.32 Å². The van der Waals surface area contributed by atoms with Crippen molar-refractivity contribution >= 4 is 23.2 Å². The fourth-order valence-corrected chi connectivity index (χ4v) is 2.03. The molecule has 0 atom stereocenters. The highest BCUT2D eigenvalue weighted by atomic mass is 35.5. The summed E-state index contributed by atoms with van der Waals surface area (Å²) in [5.41, 5.74) is 2.51. The molecule has 0 spiro atoms. The molecular formula is C17H14ClNO2. The molecule has 2 aromatic carbocycles. The van der Waals surface area contributed by atoms with Crippen molar-refractivity contribution in [2.24, 2.45) is 0 Å². The van der Waals surface area contributed by atoms with Crippen LogP contribution in [0.3, 0.4) is 0 Å². The summed E-state index contributed by atoms with van der Waals surface area (Å²) in [6.45, 7) is 1.60. The summed E-state index contributed by atoms with van der Waals surface area (Å²) in [6, 6.07) is 12.3. The number of amides is 1. The number of hydrogen-bond donors (Lipinski definition) is 2. The van der Waals surface area contributed by atoms with Crippen molar-refractivity contribution in [2.45, 2.75) is 6.92 Å². The molecule has 0 aliphatic rings. The average Bonchev–Trinajstić information content (AvgIpc) is 2.50. The lowest BCUT2D eigenvalue weighted by Crippen LogP contribution is -2.14. The van der Waals surface area contributed by atoms with Crippen molar-refractivity contribution in [1.29, 1.82) is 0 Å². The molecule has 2 N–H and O–H groups in total. The largest absolute Gasteiger partial charge is 0.384 e. The number of rotatable bonds is 2. The van der Waals surface area contributed by atoms with Crippen molar-refractivity contribution in [1.82, 2.24) is 0 Å². The Labute approximate surface area is 128 Å². The molecule has 4 heteroatoms. The molecular weight excluding hydrogens is 286 g/mol. The molecule has 21 heavy (non-hydrogen) atoms. The van der Waals surface area contributed by atoms with Gasteiger partial charge in [0.05, 0.1) is 5.56 Å². The standard InChI is InChI=1S/C17H14ClNO2/c1-12-15(18)9-4-10-16(12)19-17(21)14-8-3-2-6-13(14)7-5-11-20/h2-4,6,8-10,20H,11H2,1H3,(H,19,21). The fourth-order valence-electron chi connectivity index (χ4n) is 1.86. The van der Waals surface area contributed by atoms with E-state index in [-0.39, 0.29) is 12.5 Å². The molecule has 0 saturated heterocycles. The zero-order valence-corrected chi connectivity index (χ0v) is 12.2. The minimum atomic E-state index is -0.261. The summed E-state index contributed by atoms with van der Waals surface area (Å²) < 4.78 is 0. The summed E-state index contributed by atoms with van der Waals surface area (Å²) >= 11 is 6.04. The first kappa shape index (κ1) is 15.1. The second-order valence-electron chi connectivity index (χ2n) is 4.37. The highest BCUT2D eigenvalue weighted by molar-refractivity contribution is 6.31. The van der Waals surface area contributed by atoms with E-state index in [0.29, 0.717) is 21.8 Å². The maximum atomic E-state index is 12.4. The van der Waals surface area contributed by atoms with Crippen LogP contribution in [0.4, 0.5) is 5.69 Å². The van der Waals surface area contributed by atoms with Gasteiger partial charge in [-0.3, -0.25) is 4.79 Å².